The van der Waals surface area contributed by atoms with Gasteiger partial charge in [0, 0.05) is 23.7 Å². The van der Waals surface area contributed by atoms with Crippen LogP contribution in [0.2, 0.25) is 0 Å². The van der Waals surface area contributed by atoms with Gasteiger partial charge in [-0.15, -0.1) is 0 Å². The molecule has 4 nitrogen and oxygen atoms in total. The molecule has 0 unspecified atom stereocenters. The molecule has 26 heavy (non-hydrogen) atoms. The number of rotatable bonds is 5. The zero-order valence-corrected chi connectivity index (χ0v) is 15.9. The molecule has 0 radical (unpaired) electrons. The molecule has 2 aromatic carbocycles. The quantitative estimate of drug-likeness (QED) is 0.849. The van der Waals surface area contributed by atoms with Gasteiger partial charge in [-0.3, -0.25) is 9.59 Å². The Hall–Kier alpha value is -2.62. The second-order valence-corrected chi connectivity index (χ2v) is 7.35. The summed E-state index contributed by atoms with van der Waals surface area (Å²) < 4.78 is 0. The van der Waals surface area contributed by atoms with Crippen LogP contribution in [-0.2, 0) is 11.3 Å². The summed E-state index contributed by atoms with van der Waals surface area (Å²) in [7, 11) is 0. The van der Waals surface area contributed by atoms with Crippen LogP contribution in [0.15, 0.2) is 30.3 Å². The van der Waals surface area contributed by atoms with Crippen LogP contribution in [0.4, 0.5) is 5.69 Å². The summed E-state index contributed by atoms with van der Waals surface area (Å²) in [5.74, 6) is 0.0576. The molecule has 3 rings (SSSR count). The average molecular weight is 350 g/mol. The van der Waals surface area contributed by atoms with Crippen molar-refractivity contribution in [2.24, 2.45) is 5.92 Å². The SMILES string of the molecule is Cc1cc(C)c(CNC(=O)c2ccc(C)c(NC(=O)C3CC3)c2)c(C)c1. The molecule has 0 bridgehead atoms. The Labute approximate surface area is 155 Å². The summed E-state index contributed by atoms with van der Waals surface area (Å²) in [5.41, 5.74) is 6.98. The van der Waals surface area contributed by atoms with E-state index in [0.29, 0.717) is 12.1 Å². The summed E-state index contributed by atoms with van der Waals surface area (Å²) >= 11 is 0. The zero-order valence-electron chi connectivity index (χ0n) is 15.9. The summed E-state index contributed by atoms with van der Waals surface area (Å²) in [6.07, 6.45) is 1.92. The van der Waals surface area contributed by atoms with Crippen LogP contribution in [0, 0.1) is 33.6 Å². The van der Waals surface area contributed by atoms with E-state index in [2.05, 4.69) is 43.5 Å². The van der Waals surface area contributed by atoms with E-state index in [0.717, 1.165) is 29.7 Å². The molecule has 0 heterocycles. The number of carbonyl (C=O) groups is 2. The fraction of sp³-hybridized carbons (Fsp3) is 0.364. The normalized spacial score (nSPS) is 13.4. The van der Waals surface area contributed by atoms with Crippen molar-refractivity contribution in [1.29, 1.82) is 0 Å². The molecule has 0 aromatic heterocycles. The van der Waals surface area contributed by atoms with Crippen molar-refractivity contribution in [3.63, 3.8) is 0 Å². The third-order valence-corrected chi connectivity index (χ3v) is 4.97. The Morgan fingerprint density at radius 2 is 1.62 bits per heavy atom. The maximum absolute atomic E-state index is 12.6. The molecular weight excluding hydrogens is 324 g/mol. The number of anilines is 1. The van der Waals surface area contributed by atoms with E-state index in [1.807, 2.05) is 13.0 Å². The lowest BCUT2D eigenvalue weighted by Crippen LogP contribution is -2.24. The lowest BCUT2D eigenvalue weighted by Gasteiger charge is -2.14. The summed E-state index contributed by atoms with van der Waals surface area (Å²) in [5, 5.41) is 5.95. The molecule has 1 fully saturated rings. The minimum Gasteiger partial charge on any atom is -0.348 e. The maximum Gasteiger partial charge on any atom is 0.251 e. The van der Waals surface area contributed by atoms with Crippen LogP contribution in [0.25, 0.3) is 0 Å². The molecule has 0 saturated heterocycles. The van der Waals surface area contributed by atoms with Crippen LogP contribution in [0.3, 0.4) is 0 Å². The third-order valence-electron chi connectivity index (χ3n) is 4.97. The van der Waals surface area contributed by atoms with Crippen molar-refractivity contribution in [2.45, 2.75) is 47.1 Å². The van der Waals surface area contributed by atoms with E-state index in [9.17, 15) is 9.59 Å². The Bertz CT molecular complexity index is 843. The first-order valence-corrected chi connectivity index (χ1v) is 9.11. The number of hydrogen-bond acceptors (Lipinski definition) is 2. The van der Waals surface area contributed by atoms with E-state index < -0.39 is 0 Å². The molecular formula is C22H26N2O2. The highest BCUT2D eigenvalue weighted by Crippen LogP contribution is 2.30. The molecule has 136 valence electrons. The van der Waals surface area contributed by atoms with Gasteiger partial charge in [-0.05, 0) is 74.9 Å². The van der Waals surface area contributed by atoms with Crippen LogP contribution in [0.5, 0.6) is 0 Å². The van der Waals surface area contributed by atoms with E-state index >= 15 is 0 Å². The highest BCUT2D eigenvalue weighted by Gasteiger charge is 2.29. The van der Waals surface area contributed by atoms with E-state index in [1.165, 1.54) is 16.7 Å². The lowest BCUT2D eigenvalue weighted by molar-refractivity contribution is -0.117. The van der Waals surface area contributed by atoms with Gasteiger partial charge in [0.2, 0.25) is 5.91 Å². The number of carbonyl (C=O) groups excluding carboxylic acids is 2. The molecule has 2 amide bonds. The molecule has 1 aliphatic carbocycles. The van der Waals surface area contributed by atoms with Crippen molar-refractivity contribution in [3.8, 4) is 0 Å². The topological polar surface area (TPSA) is 58.2 Å². The van der Waals surface area contributed by atoms with Crippen LogP contribution >= 0.6 is 0 Å². The first kappa shape index (κ1) is 18.2. The number of aryl methyl sites for hydroxylation is 4. The Morgan fingerprint density at radius 3 is 2.23 bits per heavy atom. The summed E-state index contributed by atoms with van der Waals surface area (Å²) in [6, 6.07) is 9.70. The van der Waals surface area contributed by atoms with Crippen molar-refractivity contribution < 1.29 is 9.59 Å². The summed E-state index contributed by atoms with van der Waals surface area (Å²) in [6.45, 7) is 8.64. The monoisotopic (exact) mass is 350 g/mol. The minimum atomic E-state index is -0.133. The number of benzene rings is 2. The van der Waals surface area contributed by atoms with Crippen molar-refractivity contribution in [2.75, 3.05) is 5.32 Å². The first-order valence-electron chi connectivity index (χ1n) is 9.11. The molecule has 1 saturated carbocycles. The second kappa shape index (κ2) is 7.32. The Morgan fingerprint density at radius 1 is 0.962 bits per heavy atom. The van der Waals surface area contributed by atoms with Crippen LogP contribution < -0.4 is 10.6 Å². The smallest absolute Gasteiger partial charge is 0.251 e. The molecule has 0 aliphatic heterocycles. The van der Waals surface area contributed by atoms with Crippen LogP contribution in [0.1, 0.15) is 51.0 Å². The van der Waals surface area contributed by atoms with Crippen molar-refractivity contribution >= 4 is 17.5 Å². The summed E-state index contributed by atoms with van der Waals surface area (Å²) in [4.78, 5) is 24.6. The molecule has 1 aliphatic rings. The number of amides is 2. The third kappa shape index (κ3) is 4.13. The predicted octanol–water partition coefficient (Wildman–Crippen LogP) is 4.20. The van der Waals surface area contributed by atoms with Gasteiger partial charge in [0.05, 0.1) is 0 Å². The predicted molar refractivity (Wildman–Crippen MR) is 104 cm³/mol. The lowest BCUT2D eigenvalue weighted by atomic mass is 9.99. The Kier molecular flexibility index (Phi) is 5.12. The van der Waals surface area contributed by atoms with Gasteiger partial charge in [0.1, 0.15) is 0 Å². The van der Waals surface area contributed by atoms with Gasteiger partial charge in [0.25, 0.3) is 5.91 Å². The van der Waals surface area contributed by atoms with Gasteiger partial charge in [-0.1, -0.05) is 23.8 Å². The molecule has 0 spiro atoms. The first-order chi connectivity index (χ1) is 12.3. The van der Waals surface area contributed by atoms with Crippen molar-refractivity contribution in [1.82, 2.24) is 5.32 Å². The van der Waals surface area contributed by atoms with Gasteiger partial charge >= 0.3 is 0 Å². The van der Waals surface area contributed by atoms with E-state index in [1.54, 1.807) is 12.1 Å². The molecule has 2 aromatic rings. The van der Waals surface area contributed by atoms with Crippen LogP contribution in [-0.4, -0.2) is 11.8 Å². The van der Waals surface area contributed by atoms with Gasteiger partial charge in [-0.25, -0.2) is 0 Å². The standard InChI is InChI=1S/C22H26N2O2/c1-13-9-15(3)19(16(4)10-13)12-23-21(25)18-6-5-14(2)20(11-18)24-22(26)17-7-8-17/h5-6,9-11,17H,7-8,12H2,1-4H3,(H,23,25)(H,24,26). The molecule has 2 N–H and O–H groups in total. The number of nitrogens with one attached hydrogen (secondary N) is 2. The van der Waals surface area contributed by atoms with E-state index in [-0.39, 0.29) is 17.7 Å². The minimum absolute atomic E-state index is 0.0524. The second-order valence-electron chi connectivity index (χ2n) is 7.35. The number of hydrogen-bond donors (Lipinski definition) is 2. The fourth-order valence-electron chi connectivity index (χ4n) is 3.24. The van der Waals surface area contributed by atoms with Gasteiger partial charge in [0.15, 0.2) is 0 Å². The molecule has 4 heteroatoms. The van der Waals surface area contributed by atoms with Crippen molar-refractivity contribution in [3.05, 3.63) is 63.7 Å². The molecule has 0 atom stereocenters. The zero-order chi connectivity index (χ0) is 18.8. The highest BCUT2D eigenvalue weighted by atomic mass is 16.2. The highest BCUT2D eigenvalue weighted by molar-refractivity contribution is 5.98. The maximum atomic E-state index is 12.6. The average Bonchev–Trinajstić information content (AvgIpc) is 3.40. The Balaban J connectivity index is 1.71. The van der Waals surface area contributed by atoms with E-state index in [4.69, 9.17) is 0 Å². The largest absolute Gasteiger partial charge is 0.348 e. The van der Waals surface area contributed by atoms with Gasteiger partial charge < -0.3 is 10.6 Å². The van der Waals surface area contributed by atoms with Gasteiger partial charge in [-0.2, -0.15) is 0 Å². The fourth-order valence-corrected chi connectivity index (χ4v) is 3.24.